The van der Waals surface area contributed by atoms with Gasteiger partial charge in [0.05, 0.1) is 11.4 Å². The first-order valence-electron chi connectivity index (χ1n) is 51.2. The minimum absolute atomic E-state index is 0.124. The van der Waals surface area contributed by atoms with E-state index < -0.39 is 0 Å². The summed E-state index contributed by atoms with van der Waals surface area (Å²) < 4.78 is 9.06. The van der Waals surface area contributed by atoms with Gasteiger partial charge in [0.2, 0.25) is 0 Å². The first kappa shape index (κ1) is 89.4. The summed E-state index contributed by atoms with van der Waals surface area (Å²) in [4.78, 5) is 20.0. The standard InChI is InChI=1S/C51H39N3.C44H35NO.C44H35NS/c1-50(2)43-24-14-23-39(36-20-13-21-37(31-36)49-53-47(34-16-7-5-8-17-34)52-48(54-49)35-18-9-6-10-19-35)45(43)42-30-27-33-26-28-40-38-22-12-11-15-32(38)25-29-41(40)44(33)46(42)51(50,3)4;1-43(2)37-26-25-32-31-16-9-8-13-28(31)21-23-35(32)41(37)36-18-12-19-38(42(36)44(43,3)4)45(29-14-6-5-7-15-29)30-22-24-34-33-17-10-11-20-39(33)46-40(34)27-30;1-43(2)37-25-24-32-31-16-9-8-13-28(31)21-23-34(32)41(37)35-18-12-19-38(42(35)44(43,3)4)45(29-14-6-5-7-15-29)30-22-26-40-36(27-30)33-17-10-11-20-39(33)46-40/h5-31H,1-4H3;2*5-27H,1-4H3. The minimum atomic E-state index is -0.188. The molecule has 0 amide bonds. The van der Waals surface area contributed by atoms with Crippen molar-refractivity contribution < 1.29 is 4.42 Å². The zero-order valence-electron chi connectivity index (χ0n) is 84.2. The van der Waals surface area contributed by atoms with E-state index in [0.29, 0.717) is 17.5 Å². The molecule has 7 heteroatoms. The predicted octanol–water partition coefficient (Wildman–Crippen LogP) is 38.9. The van der Waals surface area contributed by atoms with Gasteiger partial charge in [0, 0.05) is 92.7 Å². The lowest BCUT2D eigenvalue weighted by Gasteiger charge is -2.50. The van der Waals surface area contributed by atoms with E-state index in [0.717, 1.165) is 61.3 Å². The van der Waals surface area contributed by atoms with Crippen LogP contribution in [0.25, 0.3) is 196 Å². The highest BCUT2D eigenvalue weighted by atomic mass is 32.1. The molecule has 25 aromatic rings. The zero-order chi connectivity index (χ0) is 99.0. The van der Waals surface area contributed by atoms with Gasteiger partial charge in [0.1, 0.15) is 11.2 Å². The molecule has 146 heavy (non-hydrogen) atoms. The summed E-state index contributed by atoms with van der Waals surface area (Å²) in [7, 11) is 0. The van der Waals surface area contributed by atoms with Crippen molar-refractivity contribution in [1.82, 2.24) is 15.0 Å². The fourth-order valence-corrected chi connectivity index (χ4v) is 25.9. The molecule has 3 aliphatic rings. The van der Waals surface area contributed by atoms with E-state index >= 15 is 0 Å². The maximum atomic E-state index is 6.40. The third-order valence-electron chi connectivity index (χ3n) is 34.2. The van der Waals surface area contributed by atoms with Crippen LogP contribution in [0.1, 0.15) is 116 Å². The van der Waals surface area contributed by atoms with Gasteiger partial charge in [-0.25, -0.2) is 15.0 Å². The van der Waals surface area contributed by atoms with Crippen molar-refractivity contribution in [3.63, 3.8) is 0 Å². The summed E-state index contributed by atoms with van der Waals surface area (Å²) in [6.45, 7) is 29.2. The Morgan fingerprint density at radius 2 is 0.575 bits per heavy atom. The molecule has 6 nitrogen and oxygen atoms in total. The molecule has 702 valence electrons. The number of hydrogen-bond acceptors (Lipinski definition) is 7. The maximum absolute atomic E-state index is 6.40. The normalized spacial score (nSPS) is 14.6. The number of furan rings is 1. The van der Waals surface area contributed by atoms with Gasteiger partial charge in [-0.15, -0.1) is 11.3 Å². The second-order valence-electron chi connectivity index (χ2n) is 43.2. The molecule has 3 aromatic heterocycles. The van der Waals surface area contributed by atoms with E-state index in [9.17, 15) is 0 Å². The van der Waals surface area contributed by atoms with Crippen LogP contribution in [-0.4, -0.2) is 15.0 Å². The molecule has 22 aromatic carbocycles. The van der Waals surface area contributed by atoms with Gasteiger partial charge in [-0.05, 0) is 254 Å². The van der Waals surface area contributed by atoms with Crippen LogP contribution in [0.15, 0.2) is 447 Å². The summed E-state index contributed by atoms with van der Waals surface area (Å²) in [5.74, 6) is 1.97. The summed E-state index contributed by atoms with van der Waals surface area (Å²) in [5, 5.41) is 23.2. The number of benzene rings is 22. The molecule has 0 saturated carbocycles. The Labute approximate surface area is 856 Å². The average molecular weight is 1900 g/mol. The van der Waals surface area contributed by atoms with Crippen molar-refractivity contribution in [2.24, 2.45) is 0 Å². The summed E-state index contributed by atoms with van der Waals surface area (Å²) >= 11 is 1.87. The lowest BCUT2D eigenvalue weighted by molar-refractivity contribution is 0.300. The molecule has 0 atom stereocenters. The number of nitrogens with zero attached hydrogens (tertiary/aromatic N) is 5. The summed E-state index contributed by atoms with van der Waals surface area (Å²) in [5.41, 5.74) is 29.4. The van der Waals surface area contributed by atoms with Gasteiger partial charge in [-0.3, -0.25) is 0 Å². The Hall–Kier alpha value is -16.7. The molecular weight excluding hydrogens is 1790 g/mol. The number of fused-ring (bicyclic) bond motifs is 29. The lowest BCUT2D eigenvalue weighted by atomic mass is 9.54. The second kappa shape index (κ2) is 34.0. The molecule has 0 N–H and O–H groups in total. The Kier molecular flexibility index (Phi) is 20.8. The van der Waals surface area contributed by atoms with E-state index in [1.807, 2.05) is 59.9 Å². The minimum Gasteiger partial charge on any atom is -0.456 e. The first-order valence-corrected chi connectivity index (χ1v) is 52.0. The number of thiophene rings is 1. The van der Waals surface area contributed by atoms with E-state index in [2.05, 4.69) is 487 Å². The predicted molar refractivity (Wildman–Crippen MR) is 621 cm³/mol. The van der Waals surface area contributed by atoms with Crippen LogP contribution in [0, 0.1) is 0 Å². The maximum Gasteiger partial charge on any atom is 0.164 e. The highest BCUT2D eigenvalue weighted by Gasteiger charge is 2.52. The van der Waals surface area contributed by atoms with Gasteiger partial charge in [-0.2, -0.15) is 0 Å². The van der Waals surface area contributed by atoms with Crippen LogP contribution in [0.3, 0.4) is 0 Å². The molecule has 3 aliphatic carbocycles. The van der Waals surface area contributed by atoms with Gasteiger partial charge in [-0.1, -0.05) is 435 Å². The highest BCUT2D eigenvalue weighted by molar-refractivity contribution is 7.25. The Morgan fingerprint density at radius 1 is 0.205 bits per heavy atom. The van der Waals surface area contributed by atoms with Crippen molar-refractivity contribution in [3.05, 3.63) is 476 Å². The molecule has 0 bridgehead atoms. The number of para-hydroxylation sites is 3. The number of anilines is 6. The zero-order valence-corrected chi connectivity index (χ0v) is 85.0. The number of aromatic nitrogens is 3. The van der Waals surface area contributed by atoms with Crippen LogP contribution >= 0.6 is 11.3 Å². The van der Waals surface area contributed by atoms with Crippen molar-refractivity contribution in [3.8, 4) is 78.7 Å². The quantitative estimate of drug-likeness (QED) is 0.127. The molecule has 0 saturated heterocycles. The number of rotatable bonds is 10. The van der Waals surface area contributed by atoms with Crippen LogP contribution in [0.2, 0.25) is 0 Å². The SMILES string of the molecule is CC1(C)c2ccc3c(ccc4ccccc43)c2-c2cccc(N(c3ccccc3)c3ccc4c(c3)oc3ccccc34)c2C1(C)C.CC1(C)c2ccc3c(ccc4ccccc43)c2-c2cccc(N(c3ccccc3)c3ccc4sc5ccccc5c4c3)c2C1(C)C.CC1(C)c2cccc(-c3cccc(-c4nc(-c5ccccc5)nc(-c5ccccc5)n4)c3)c2-c2ccc3ccc4c5ccccc5ccc4c3c2C1(C)C. The number of hydrogen-bond donors (Lipinski definition) is 0. The summed E-state index contributed by atoms with van der Waals surface area (Å²) in [6.07, 6.45) is 0. The molecule has 0 aliphatic heterocycles. The first-order chi connectivity index (χ1) is 71.0. The van der Waals surface area contributed by atoms with E-state index in [-0.39, 0.29) is 32.5 Å². The van der Waals surface area contributed by atoms with Crippen LogP contribution in [0.4, 0.5) is 34.1 Å². The van der Waals surface area contributed by atoms with Crippen LogP contribution < -0.4 is 9.80 Å². The molecular formula is C139H109N5OS. The second-order valence-corrected chi connectivity index (χ2v) is 44.3. The Balaban J connectivity index is 0.000000112. The largest absolute Gasteiger partial charge is 0.456 e. The van der Waals surface area contributed by atoms with Gasteiger partial charge in [0.15, 0.2) is 17.5 Å². The molecule has 0 unspecified atom stereocenters. The van der Waals surface area contributed by atoms with Crippen molar-refractivity contribution in [2.45, 2.75) is 116 Å². The van der Waals surface area contributed by atoms with Crippen LogP contribution in [-0.2, 0) is 32.5 Å². The Bertz CT molecular complexity index is 9580. The monoisotopic (exact) mass is 1900 g/mol. The smallest absolute Gasteiger partial charge is 0.164 e. The van der Waals surface area contributed by atoms with E-state index in [4.69, 9.17) is 19.4 Å². The lowest BCUT2D eigenvalue weighted by Crippen LogP contribution is -2.44. The van der Waals surface area contributed by atoms with Gasteiger partial charge < -0.3 is 14.2 Å². The summed E-state index contributed by atoms with van der Waals surface area (Å²) in [6, 6.07) is 161. The molecule has 0 radical (unpaired) electrons. The van der Waals surface area contributed by atoms with E-state index in [1.54, 1.807) is 0 Å². The van der Waals surface area contributed by atoms with Crippen molar-refractivity contribution in [1.29, 1.82) is 0 Å². The van der Waals surface area contributed by atoms with Crippen molar-refractivity contribution in [2.75, 3.05) is 9.80 Å². The third-order valence-corrected chi connectivity index (χ3v) is 35.3. The fourth-order valence-electron chi connectivity index (χ4n) is 24.8. The fraction of sp³-hybridized carbons (Fsp3) is 0.129. The van der Waals surface area contributed by atoms with Crippen LogP contribution in [0.5, 0.6) is 0 Å². The molecule has 0 fully saturated rings. The molecule has 28 rings (SSSR count). The molecule has 0 spiro atoms. The van der Waals surface area contributed by atoms with E-state index in [1.165, 1.54) is 185 Å². The topological polar surface area (TPSA) is 58.3 Å². The van der Waals surface area contributed by atoms with Gasteiger partial charge in [0.25, 0.3) is 0 Å². The third kappa shape index (κ3) is 13.9. The molecule has 3 heterocycles. The highest BCUT2D eigenvalue weighted by Crippen LogP contribution is 2.64. The Morgan fingerprint density at radius 3 is 1.13 bits per heavy atom. The van der Waals surface area contributed by atoms with Gasteiger partial charge >= 0.3 is 0 Å². The van der Waals surface area contributed by atoms with Crippen molar-refractivity contribution >= 4 is 163 Å². The average Bonchev–Trinajstić information content (AvgIpc) is 0.915.